The predicted octanol–water partition coefficient (Wildman–Crippen LogP) is 2.70. The molecule has 0 amide bonds. The van der Waals surface area contributed by atoms with Gasteiger partial charge in [-0.2, -0.15) is 0 Å². The molecule has 3 rings (SSSR count). The highest BCUT2D eigenvalue weighted by atomic mass is 16.6. The van der Waals surface area contributed by atoms with Crippen LogP contribution in [0.15, 0.2) is 30.5 Å². The van der Waals surface area contributed by atoms with E-state index in [2.05, 4.69) is 22.5 Å². The predicted molar refractivity (Wildman–Crippen MR) is 82.5 cm³/mol. The Kier molecular flexibility index (Phi) is 3.70. The Bertz CT molecular complexity index is 674. The molecule has 0 aliphatic carbocycles. The SMILES string of the molecule is CC1CC(Nc2ccc3ncccc3c2[N+](=O)[O-])CCN1. The second-order valence-electron chi connectivity index (χ2n) is 5.51. The molecule has 21 heavy (non-hydrogen) atoms. The number of benzene rings is 1. The molecule has 1 aromatic carbocycles. The van der Waals surface area contributed by atoms with Crippen molar-refractivity contribution in [2.24, 2.45) is 0 Å². The molecule has 1 saturated heterocycles. The number of fused-ring (bicyclic) bond motifs is 1. The van der Waals surface area contributed by atoms with Crippen molar-refractivity contribution < 1.29 is 4.92 Å². The Morgan fingerprint density at radius 1 is 1.43 bits per heavy atom. The Labute approximate surface area is 122 Å². The molecule has 1 aromatic heterocycles. The summed E-state index contributed by atoms with van der Waals surface area (Å²) in [6.45, 7) is 3.06. The van der Waals surface area contributed by atoms with Crippen molar-refractivity contribution in [1.82, 2.24) is 10.3 Å². The van der Waals surface area contributed by atoms with Gasteiger partial charge in [0.05, 0.1) is 15.8 Å². The third kappa shape index (κ3) is 2.80. The van der Waals surface area contributed by atoms with Gasteiger partial charge in [0.15, 0.2) is 0 Å². The average molecular weight is 286 g/mol. The standard InChI is InChI=1S/C15H18N4O2/c1-10-9-11(6-8-16-10)18-14-5-4-13-12(3-2-7-17-13)15(14)19(20)21/h2-5,7,10-11,16,18H,6,8-9H2,1H3. The second kappa shape index (κ2) is 5.65. The third-order valence-electron chi connectivity index (χ3n) is 3.92. The first-order chi connectivity index (χ1) is 10.1. The van der Waals surface area contributed by atoms with E-state index in [0.717, 1.165) is 19.4 Å². The lowest BCUT2D eigenvalue weighted by molar-refractivity contribution is -0.382. The number of nitro benzene ring substituents is 1. The molecule has 2 unspecified atom stereocenters. The molecule has 0 saturated carbocycles. The maximum Gasteiger partial charge on any atom is 0.301 e. The molecule has 6 heteroatoms. The fraction of sp³-hybridized carbons (Fsp3) is 0.400. The fourth-order valence-electron chi connectivity index (χ4n) is 2.93. The van der Waals surface area contributed by atoms with Crippen LogP contribution < -0.4 is 10.6 Å². The number of piperidine rings is 1. The molecular formula is C15H18N4O2. The lowest BCUT2D eigenvalue weighted by atomic mass is 10.00. The highest BCUT2D eigenvalue weighted by molar-refractivity contribution is 5.94. The Balaban J connectivity index is 1.97. The Morgan fingerprint density at radius 3 is 3.05 bits per heavy atom. The minimum atomic E-state index is -0.323. The quantitative estimate of drug-likeness (QED) is 0.670. The van der Waals surface area contributed by atoms with Crippen molar-refractivity contribution in [3.63, 3.8) is 0 Å². The van der Waals surface area contributed by atoms with Gasteiger partial charge in [0, 0.05) is 18.3 Å². The summed E-state index contributed by atoms with van der Waals surface area (Å²) in [5.41, 5.74) is 1.35. The minimum Gasteiger partial charge on any atom is -0.377 e. The van der Waals surface area contributed by atoms with E-state index in [4.69, 9.17) is 0 Å². The molecule has 0 spiro atoms. The molecule has 1 fully saturated rings. The number of nitro groups is 1. The van der Waals surface area contributed by atoms with Crippen LogP contribution in [0.1, 0.15) is 19.8 Å². The molecule has 2 aromatic rings. The van der Waals surface area contributed by atoms with E-state index in [0.29, 0.717) is 22.6 Å². The lowest BCUT2D eigenvalue weighted by Gasteiger charge is -2.29. The first kappa shape index (κ1) is 13.8. The molecule has 110 valence electrons. The zero-order valence-corrected chi connectivity index (χ0v) is 11.9. The van der Waals surface area contributed by atoms with E-state index >= 15 is 0 Å². The van der Waals surface area contributed by atoms with Gasteiger partial charge in [0.1, 0.15) is 5.69 Å². The van der Waals surface area contributed by atoms with Crippen LogP contribution in [-0.2, 0) is 0 Å². The van der Waals surface area contributed by atoms with Crippen LogP contribution in [0.5, 0.6) is 0 Å². The Morgan fingerprint density at radius 2 is 2.29 bits per heavy atom. The van der Waals surface area contributed by atoms with Gasteiger partial charge in [0.25, 0.3) is 0 Å². The van der Waals surface area contributed by atoms with Crippen LogP contribution >= 0.6 is 0 Å². The maximum atomic E-state index is 11.5. The summed E-state index contributed by atoms with van der Waals surface area (Å²) in [7, 11) is 0. The monoisotopic (exact) mass is 286 g/mol. The minimum absolute atomic E-state index is 0.117. The van der Waals surface area contributed by atoms with Crippen molar-refractivity contribution >= 4 is 22.3 Å². The number of anilines is 1. The summed E-state index contributed by atoms with van der Waals surface area (Å²) in [5.74, 6) is 0. The smallest absolute Gasteiger partial charge is 0.301 e. The molecule has 6 nitrogen and oxygen atoms in total. The van der Waals surface area contributed by atoms with Gasteiger partial charge in [-0.1, -0.05) is 0 Å². The number of aromatic nitrogens is 1. The van der Waals surface area contributed by atoms with Crippen molar-refractivity contribution in [3.05, 3.63) is 40.6 Å². The highest BCUT2D eigenvalue weighted by Gasteiger charge is 2.23. The normalized spacial score (nSPS) is 22.1. The van der Waals surface area contributed by atoms with E-state index in [1.54, 1.807) is 24.4 Å². The first-order valence-electron chi connectivity index (χ1n) is 7.17. The number of hydrogen-bond acceptors (Lipinski definition) is 5. The van der Waals surface area contributed by atoms with Crippen LogP contribution in [0.4, 0.5) is 11.4 Å². The van der Waals surface area contributed by atoms with Gasteiger partial charge in [0.2, 0.25) is 0 Å². The van der Waals surface area contributed by atoms with Crippen LogP contribution in [0, 0.1) is 10.1 Å². The van der Waals surface area contributed by atoms with Crippen LogP contribution in [0.25, 0.3) is 10.9 Å². The number of nitrogens with zero attached hydrogens (tertiary/aromatic N) is 2. The third-order valence-corrected chi connectivity index (χ3v) is 3.92. The van der Waals surface area contributed by atoms with Gasteiger partial charge >= 0.3 is 5.69 Å². The van der Waals surface area contributed by atoms with Gasteiger partial charge in [-0.15, -0.1) is 0 Å². The molecule has 1 aliphatic heterocycles. The van der Waals surface area contributed by atoms with Crippen LogP contribution in [-0.4, -0.2) is 28.5 Å². The summed E-state index contributed by atoms with van der Waals surface area (Å²) < 4.78 is 0. The largest absolute Gasteiger partial charge is 0.377 e. The van der Waals surface area contributed by atoms with Gasteiger partial charge in [-0.05, 0) is 50.6 Å². The van der Waals surface area contributed by atoms with Crippen molar-refractivity contribution in [3.8, 4) is 0 Å². The fourth-order valence-corrected chi connectivity index (χ4v) is 2.93. The van der Waals surface area contributed by atoms with E-state index in [-0.39, 0.29) is 16.7 Å². The molecule has 0 bridgehead atoms. The number of nitrogens with one attached hydrogen (secondary N) is 2. The summed E-state index contributed by atoms with van der Waals surface area (Å²) in [6, 6.07) is 7.75. The van der Waals surface area contributed by atoms with E-state index < -0.39 is 0 Å². The van der Waals surface area contributed by atoms with E-state index in [1.807, 2.05) is 6.07 Å². The van der Waals surface area contributed by atoms with E-state index in [1.165, 1.54) is 0 Å². The molecule has 2 heterocycles. The number of pyridine rings is 1. The molecular weight excluding hydrogens is 268 g/mol. The summed E-state index contributed by atoms with van der Waals surface area (Å²) in [5, 5.41) is 18.8. The van der Waals surface area contributed by atoms with Crippen molar-refractivity contribution in [2.75, 3.05) is 11.9 Å². The molecule has 0 radical (unpaired) electrons. The van der Waals surface area contributed by atoms with Crippen molar-refractivity contribution in [1.29, 1.82) is 0 Å². The van der Waals surface area contributed by atoms with Crippen LogP contribution in [0.3, 0.4) is 0 Å². The summed E-state index contributed by atoms with van der Waals surface area (Å²) in [4.78, 5) is 15.3. The molecule has 1 aliphatic rings. The number of hydrogen-bond donors (Lipinski definition) is 2. The Hall–Kier alpha value is -2.21. The molecule has 2 atom stereocenters. The topological polar surface area (TPSA) is 80.1 Å². The van der Waals surface area contributed by atoms with E-state index in [9.17, 15) is 10.1 Å². The van der Waals surface area contributed by atoms with Gasteiger partial charge in [-0.25, -0.2) is 0 Å². The highest BCUT2D eigenvalue weighted by Crippen LogP contribution is 2.33. The zero-order valence-electron chi connectivity index (χ0n) is 11.9. The van der Waals surface area contributed by atoms with Gasteiger partial charge in [-0.3, -0.25) is 15.1 Å². The maximum absolute atomic E-state index is 11.5. The van der Waals surface area contributed by atoms with Crippen molar-refractivity contribution in [2.45, 2.75) is 31.8 Å². The second-order valence-corrected chi connectivity index (χ2v) is 5.51. The number of rotatable bonds is 3. The van der Waals surface area contributed by atoms with Gasteiger partial charge < -0.3 is 10.6 Å². The molecule has 2 N–H and O–H groups in total. The van der Waals surface area contributed by atoms with Crippen LogP contribution in [0.2, 0.25) is 0 Å². The summed E-state index contributed by atoms with van der Waals surface area (Å²) in [6.07, 6.45) is 3.57. The summed E-state index contributed by atoms with van der Waals surface area (Å²) >= 11 is 0. The first-order valence-corrected chi connectivity index (χ1v) is 7.17. The average Bonchev–Trinajstić information content (AvgIpc) is 2.46. The lowest BCUT2D eigenvalue weighted by Crippen LogP contribution is -2.41. The zero-order chi connectivity index (χ0) is 14.8.